The average molecular weight is 369 g/mol. The number of unbranched alkanes of at least 4 members (excludes halogenated alkanes) is 13. The Morgan fingerprint density at radius 3 is 1.81 bits per heavy atom. The molecule has 0 heterocycles. The Morgan fingerprint density at radius 1 is 0.704 bits per heavy atom. The van der Waals surface area contributed by atoms with Gasteiger partial charge in [-0.05, 0) is 30.4 Å². The fourth-order valence-electron chi connectivity index (χ4n) is 4.14. The summed E-state index contributed by atoms with van der Waals surface area (Å²) in [4.78, 5) is 12.5. The van der Waals surface area contributed by atoms with Crippen molar-refractivity contribution in [2.24, 2.45) is 0 Å². The molecule has 0 spiro atoms. The van der Waals surface area contributed by atoms with Crippen LogP contribution in [0.15, 0.2) is 35.9 Å². The highest BCUT2D eigenvalue weighted by Gasteiger charge is 2.18. The van der Waals surface area contributed by atoms with E-state index < -0.39 is 0 Å². The van der Waals surface area contributed by atoms with Crippen LogP contribution in [0.3, 0.4) is 0 Å². The van der Waals surface area contributed by atoms with Crippen molar-refractivity contribution in [1.82, 2.24) is 0 Å². The maximum atomic E-state index is 12.5. The molecule has 0 unspecified atom stereocenters. The molecule has 1 aliphatic carbocycles. The van der Waals surface area contributed by atoms with Gasteiger partial charge in [0.1, 0.15) is 0 Å². The Kier molecular flexibility index (Phi) is 11.2. The van der Waals surface area contributed by atoms with Gasteiger partial charge in [0.05, 0.1) is 0 Å². The maximum Gasteiger partial charge on any atom is 0.188 e. The molecule has 0 bridgehead atoms. The molecule has 0 amide bonds. The van der Waals surface area contributed by atoms with E-state index >= 15 is 0 Å². The third-order valence-corrected chi connectivity index (χ3v) is 5.92. The maximum absolute atomic E-state index is 12.5. The Hall–Kier alpha value is -1.37. The molecule has 0 fully saturated rings. The molecule has 0 saturated carbocycles. The van der Waals surface area contributed by atoms with Gasteiger partial charge in [-0.15, -0.1) is 0 Å². The van der Waals surface area contributed by atoms with E-state index in [2.05, 4.69) is 19.1 Å². The lowest BCUT2D eigenvalue weighted by Gasteiger charge is -2.15. The normalized spacial score (nSPS) is 13.5. The molecule has 1 aromatic carbocycles. The lowest BCUT2D eigenvalue weighted by atomic mass is 9.88. The van der Waals surface area contributed by atoms with Crippen molar-refractivity contribution in [2.75, 3.05) is 0 Å². The quantitative estimate of drug-likeness (QED) is 0.285. The van der Waals surface area contributed by atoms with Gasteiger partial charge in [0.15, 0.2) is 5.78 Å². The molecule has 2 rings (SSSR count). The SMILES string of the molecule is CCCCCCCCCCCCCCCCC1=CCc2ccccc2C1=O. The molecule has 0 atom stereocenters. The van der Waals surface area contributed by atoms with Crippen LogP contribution in [0.1, 0.15) is 119 Å². The van der Waals surface area contributed by atoms with Crippen molar-refractivity contribution in [2.45, 2.75) is 110 Å². The van der Waals surface area contributed by atoms with Gasteiger partial charge in [0, 0.05) is 5.56 Å². The number of fused-ring (bicyclic) bond motifs is 1. The minimum absolute atomic E-state index is 0.270. The fourth-order valence-corrected chi connectivity index (χ4v) is 4.14. The van der Waals surface area contributed by atoms with E-state index in [4.69, 9.17) is 0 Å². The molecule has 1 aromatic rings. The Bertz CT molecular complexity index is 569. The van der Waals surface area contributed by atoms with Crippen molar-refractivity contribution >= 4 is 5.78 Å². The number of rotatable bonds is 15. The van der Waals surface area contributed by atoms with E-state index in [-0.39, 0.29) is 5.78 Å². The molecule has 0 N–H and O–H groups in total. The monoisotopic (exact) mass is 368 g/mol. The van der Waals surface area contributed by atoms with Crippen LogP contribution in [0.25, 0.3) is 0 Å². The summed E-state index contributed by atoms with van der Waals surface area (Å²) in [5, 5.41) is 0. The van der Waals surface area contributed by atoms with Gasteiger partial charge in [-0.2, -0.15) is 0 Å². The van der Waals surface area contributed by atoms with Crippen molar-refractivity contribution in [3.63, 3.8) is 0 Å². The number of allylic oxidation sites excluding steroid dienone is 2. The van der Waals surface area contributed by atoms with Gasteiger partial charge in [-0.1, -0.05) is 121 Å². The van der Waals surface area contributed by atoms with Crippen LogP contribution in [0.5, 0.6) is 0 Å². The minimum atomic E-state index is 0.270. The summed E-state index contributed by atoms with van der Waals surface area (Å²) in [6, 6.07) is 8.06. The minimum Gasteiger partial charge on any atom is -0.289 e. The van der Waals surface area contributed by atoms with E-state index in [9.17, 15) is 4.79 Å². The van der Waals surface area contributed by atoms with Gasteiger partial charge < -0.3 is 0 Å². The summed E-state index contributed by atoms with van der Waals surface area (Å²) < 4.78 is 0. The molecule has 1 aliphatic rings. The Balaban J connectivity index is 1.41. The molecule has 0 radical (unpaired) electrons. The predicted octanol–water partition coefficient (Wildman–Crippen LogP) is 8.22. The zero-order chi connectivity index (χ0) is 19.2. The third kappa shape index (κ3) is 8.45. The highest BCUT2D eigenvalue weighted by Crippen LogP contribution is 2.24. The summed E-state index contributed by atoms with van der Waals surface area (Å²) in [6.45, 7) is 2.28. The van der Waals surface area contributed by atoms with Crippen molar-refractivity contribution < 1.29 is 4.79 Å². The van der Waals surface area contributed by atoms with Gasteiger partial charge in [-0.3, -0.25) is 4.79 Å². The number of carbonyl (C=O) groups is 1. The number of hydrogen-bond donors (Lipinski definition) is 0. The van der Waals surface area contributed by atoms with E-state index in [0.717, 1.165) is 30.4 Å². The summed E-state index contributed by atoms with van der Waals surface area (Å²) in [6.07, 6.45) is 23.4. The van der Waals surface area contributed by atoms with E-state index in [0.29, 0.717) is 0 Å². The van der Waals surface area contributed by atoms with Crippen LogP contribution in [0.2, 0.25) is 0 Å². The average Bonchev–Trinajstić information content (AvgIpc) is 2.70. The largest absolute Gasteiger partial charge is 0.289 e. The number of Topliss-reactive ketones (excluding diaryl/α,β-unsaturated/α-hetero) is 1. The lowest BCUT2D eigenvalue weighted by Crippen LogP contribution is -2.12. The second-order valence-corrected chi connectivity index (χ2v) is 8.27. The predicted molar refractivity (Wildman–Crippen MR) is 117 cm³/mol. The Morgan fingerprint density at radius 2 is 1.22 bits per heavy atom. The first-order chi connectivity index (χ1) is 13.3. The number of benzene rings is 1. The van der Waals surface area contributed by atoms with Crippen molar-refractivity contribution in [3.8, 4) is 0 Å². The van der Waals surface area contributed by atoms with Gasteiger partial charge in [0.2, 0.25) is 0 Å². The first kappa shape index (κ1) is 21.9. The molecule has 0 saturated heterocycles. The standard InChI is InChI=1S/C26H40O/c1-2-3-4-5-6-7-8-9-10-11-12-13-14-15-19-24-22-21-23-18-16-17-20-25(23)26(24)27/h16-18,20,22H,2-15,19,21H2,1H3. The summed E-state index contributed by atoms with van der Waals surface area (Å²) in [7, 11) is 0. The third-order valence-electron chi connectivity index (χ3n) is 5.92. The first-order valence-electron chi connectivity index (χ1n) is 11.6. The summed E-state index contributed by atoms with van der Waals surface area (Å²) in [5.74, 6) is 0.270. The number of carbonyl (C=O) groups excluding carboxylic acids is 1. The number of ketones is 1. The van der Waals surface area contributed by atoms with Crippen molar-refractivity contribution in [3.05, 3.63) is 47.0 Å². The molecule has 0 aliphatic heterocycles. The van der Waals surface area contributed by atoms with Crippen LogP contribution in [0, 0.1) is 0 Å². The van der Waals surface area contributed by atoms with Crippen molar-refractivity contribution in [1.29, 1.82) is 0 Å². The molecule has 1 heteroatoms. The molecule has 1 nitrogen and oxygen atoms in total. The molecular weight excluding hydrogens is 328 g/mol. The van der Waals surface area contributed by atoms with Gasteiger partial charge >= 0.3 is 0 Å². The number of hydrogen-bond acceptors (Lipinski definition) is 1. The smallest absolute Gasteiger partial charge is 0.188 e. The molecule has 0 aromatic heterocycles. The second-order valence-electron chi connectivity index (χ2n) is 8.27. The molecule has 150 valence electrons. The molecule has 27 heavy (non-hydrogen) atoms. The van der Waals surface area contributed by atoms with Crippen LogP contribution in [0.4, 0.5) is 0 Å². The van der Waals surface area contributed by atoms with E-state index in [1.807, 2.05) is 18.2 Å². The van der Waals surface area contributed by atoms with Gasteiger partial charge in [0.25, 0.3) is 0 Å². The second kappa shape index (κ2) is 13.7. The summed E-state index contributed by atoms with van der Waals surface area (Å²) in [5.41, 5.74) is 3.17. The van der Waals surface area contributed by atoms with Crippen LogP contribution >= 0.6 is 0 Å². The topological polar surface area (TPSA) is 17.1 Å². The van der Waals surface area contributed by atoms with E-state index in [1.165, 1.54) is 89.0 Å². The van der Waals surface area contributed by atoms with E-state index in [1.54, 1.807) is 0 Å². The van der Waals surface area contributed by atoms with Crippen LogP contribution < -0.4 is 0 Å². The molecular formula is C26H40O. The lowest BCUT2D eigenvalue weighted by molar-refractivity contribution is 0.102. The first-order valence-corrected chi connectivity index (χ1v) is 11.6. The Labute approximate surface area is 167 Å². The summed E-state index contributed by atoms with van der Waals surface area (Å²) >= 11 is 0. The highest BCUT2D eigenvalue weighted by atomic mass is 16.1. The van der Waals surface area contributed by atoms with Gasteiger partial charge in [-0.25, -0.2) is 0 Å². The zero-order valence-electron chi connectivity index (χ0n) is 17.6. The highest BCUT2D eigenvalue weighted by molar-refractivity contribution is 6.10. The fraction of sp³-hybridized carbons (Fsp3) is 0.654. The van der Waals surface area contributed by atoms with Crippen LogP contribution in [-0.2, 0) is 6.42 Å². The van der Waals surface area contributed by atoms with Crippen LogP contribution in [-0.4, -0.2) is 5.78 Å². The zero-order valence-corrected chi connectivity index (χ0v) is 17.6.